The van der Waals surface area contributed by atoms with E-state index in [0.717, 1.165) is 0 Å². The largest absolute Gasteiger partial charge is 0.0775 e. The summed E-state index contributed by atoms with van der Waals surface area (Å²) in [5.74, 6) is 0. The number of unbranched alkanes of at least 4 members (excludes halogenated alkanes) is 5. The van der Waals surface area contributed by atoms with Gasteiger partial charge in [-0.05, 0) is 33.6 Å². The van der Waals surface area contributed by atoms with E-state index in [0.29, 0.717) is 0 Å². The van der Waals surface area contributed by atoms with Gasteiger partial charge in [0.25, 0.3) is 0 Å². The molecule has 0 aliphatic heterocycles. The molecule has 0 bridgehead atoms. The van der Waals surface area contributed by atoms with Crippen molar-refractivity contribution in [3.63, 3.8) is 0 Å². The zero-order valence-corrected chi connectivity index (χ0v) is 12.7. The maximum Gasteiger partial charge on any atom is 0.00279 e. The van der Waals surface area contributed by atoms with E-state index < -0.39 is 0 Å². The summed E-state index contributed by atoms with van der Waals surface area (Å²) >= 11 is 0. The molecule has 0 fully saturated rings. The van der Waals surface area contributed by atoms with Crippen molar-refractivity contribution in [1.82, 2.24) is 0 Å². The van der Waals surface area contributed by atoms with Crippen LogP contribution in [0.2, 0.25) is 6.04 Å². The molecule has 84 valence electrons. The minimum absolute atomic E-state index is 1.32. The molecule has 0 nitrogen and oxygen atoms in total. The molecule has 0 aromatic rings. The molecule has 0 aromatic heterocycles. The van der Waals surface area contributed by atoms with Gasteiger partial charge in [0, 0.05) is 10.2 Å². The van der Waals surface area contributed by atoms with E-state index in [4.69, 9.17) is 0 Å². The summed E-state index contributed by atoms with van der Waals surface area (Å²) in [6.45, 7) is 6.72. The fourth-order valence-electron chi connectivity index (χ4n) is 1.60. The molecule has 14 heavy (non-hydrogen) atoms. The fraction of sp³-hybridized carbons (Fsp3) is 0.846. The van der Waals surface area contributed by atoms with Crippen LogP contribution in [0.1, 0.15) is 65.7 Å². The molecular weight excluding hydrogens is 184 g/mol. The van der Waals surface area contributed by atoms with E-state index in [-0.39, 0.29) is 0 Å². The van der Waals surface area contributed by atoms with Crippen molar-refractivity contribution in [2.75, 3.05) is 0 Å². The standard InChI is InChI=1S/C13H28Si/c1-12(2)13(3)10-8-6-4-5-7-9-11-14/h4-11H2,1-3,14H3. The SMILES string of the molecule is CC(C)=C(C)CCCCCCCC[SiH3]. The van der Waals surface area contributed by atoms with E-state index in [2.05, 4.69) is 20.8 Å². The Kier molecular flexibility index (Phi) is 9.48. The molecule has 0 spiro atoms. The molecule has 0 aliphatic rings. The predicted molar refractivity (Wildman–Crippen MR) is 71.1 cm³/mol. The van der Waals surface area contributed by atoms with Crippen LogP contribution in [0.3, 0.4) is 0 Å². The average Bonchev–Trinajstić information content (AvgIpc) is 2.16. The van der Waals surface area contributed by atoms with Crippen molar-refractivity contribution in [3.8, 4) is 0 Å². The first-order valence-corrected chi connectivity index (χ1v) is 7.72. The molecule has 0 aromatic carbocycles. The Labute approximate surface area is 93.6 Å². The van der Waals surface area contributed by atoms with Crippen LogP contribution in [-0.2, 0) is 0 Å². The van der Waals surface area contributed by atoms with Crippen molar-refractivity contribution >= 4 is 10.2 Å². The van der Waals surface area contributed by atoms with Crippen LogP contribution < -0.4 is 0 Å². The lowest BCUT2D eigenvalue weighted by molar-refractivity contribution is 0.605. The summed E-state index contributed by atoms with van der Waals surface area (Å²) in [7, 11) is 1.40. The molecular formula is C13H28Si. The highest BCUT2D eigenvalue weighted by Gasteiger charge is 1.94. The highest BCUT2D eigenvalue weighted by Crippen LogP contribution is 2.14. The number of allylic oxidation sites excluding steroid dienone is 2. The van der Waals surface area contributed by atoms with Gasteiger partial charge in [-0.2, -0.15) is 0 Å². The van der Waals surface area contributed by atoms with Gasteiger partial charge < -0.3 is 0 Å². The first-order valence-electron chi connectivity index (χ1n) is 6.31. The Bertz CT molecular complexity index is 155. The van der Waals surface area contributed by atoms with Gasteiger partial charge in [-0.1, -0.05) is 49.3 Å². The van der Waals surface area contributed by atoms with E-state index in [1.54, 1.807) is 5.57 Å². The zero-order valence-electron chi connectivity index (χ0n) is 10.7. The summed E-state index contributed by atoms with van der Waals surface area (Å²) in [6.07, 6.45) is 10.0. The Morgan fingerprint density at radius 2 is 1.29 bits per heavy atom. The smallest absolute Gasteiger partial charge is 0.00279 e. The molecule has 0 rings (SSSR count). The first kappa shape index (κ1) is 14.0. The van der Waals surface area contributed by atoms with Gasteiger partial charge in [-0.3, -0.25) is 0 Å². The number of hydrogen-bond donors (Lipinski definition) is 0. The van der Waals surface area contributed by atoms with Crippen molar-refractivity contribution in [2.24, 2.45) is 0 Å². The van der Waals surface area contributed by atoms with Crippen LogP contribution in [0.4, 0.5) is 0 Å². The average molecular weight is 212 g/mol. The summed E-state index contributed by atoms with van der Waals surface area (Å²) in [5, 5.41) is 0. The Morgan fingerprint density at radius 1 is 0.786 bits per heavy atom. The Balaban J connectivity index is 3.18. The molecule has 0 N–H and O–H groups in total. The monoisotopic (exact) mass is 212 g/mol. The van der Waals surface area contributed by atoms with Crippen molar-refractivity contribution < 1.29 is 0 Å². The Morgan fingerprint density at radius 3 is 1.79 bits per heavy atom. The summed E-state index contributed by atoms with van der Waals surface area (Å²) < 4.78 is 0. The van der Waals surface area contributed by atoms with Gasteiger partial charge in [-0.15, -0.1) is 0 Å². The quantitative estimate of drug-likeness (QED) is 0.326. The summed E-state index contributed by atoms with van der Waals surface area (Å²) in [5.41, 5.74) is 3.12. The van der Waals surface area contributed by atoms with Crippen LogP contribution in [0.5, 0.6) is 0 Å². The molecule has 0 amide bonds. The van der Waals surface area contributed by atoms with Crippen LogP contribution in [0.15, 0.2) is 11.1 Å². The van der Waals surface area contributed by atoms with Crippen LogP contribution in [0, 0.1) is 0 Å². The van der Waals surface area contributed by atoms with E-state index in [1.807, 2.05) is 0 Å². The molecule has 0 atom stereocenters. The maximum absolute atomic E-state index is 2.27. The zero-order chi connectivity index (χ0) is 10.8. The van der Waals surface area contributed by atoms with Crippen LogP contribution >= 0.6 is 0 Å². The first-order chi connectivity index (χ1) is 6.68. The fourth-order valence-corrected chi connectivity index (χ4v) is 2.10. The van der Waals surface area contributed by atoms with E-state index >= 15 is 0 Å². The third-order valence-electron chi connectivity index (χ3n) is 3.01. The highest BCUT2D eigenvalue weighted by atomic mass is 28.1. The van der Waals surface area contributed by atoms with Crippen LogP contribution in [0.25, 0.3) is 0 Å². The van der Waals surface area contributed by atoms with Crippen molar-refractivity contribution in [1.29, 1.82) is 0 Å². The van der Waals surface area contributed by atoms with Gasteiger partial charge in [0.1, 0.15) is 0 Å². The van der Waals surface area contributed by atoms with Crippen LogP contribution in [-0.4, -0.2) is 10.2 Å². The summed E-state index contributed by atoms with van der Waals surface area (Å²) in [6, 6.07) is 1.50. The highest BCUT2D eigenvalue weighted by molar-refractivity contribution is 6.08. The second-order valence-corrected chi connectivity index (χ2v) is 5.65. The molecule has 1 heteroatoms. The number of rotatable bonds is 8. The van der Waals surface area contributed by atoms with Gasteiger partial charge in [0.15, 0.2) is 0 Å². The third kappa shape index (κ3) is 8.55. The minimum Gasteiger partial charge on any atom is -0.0775 e. The van der Waals surface area contributed by atoms with Crippen molar-refractivity contribution in [3.05, 3.63) is 11.1 Å². The van der Waals surface area contributed by atoms with Gasteiger partial charge >= 0.3 is 0 Å². The third-order valence-corrected chi connectivity index (χ3v) is 3.72. The maximum atomic E-state index is 2.27. The van der Waals surface area contributed by atoms with E-state index in [1.165, 1.54) is 66.8 Å². The Hall–Kier alpha value is -0.0431. The summed E-state index contributed by atoms with van der Waals surface area (Å²) in [4.78, 5) is 0. The normalized spacial score (nSPS) is 10.5. The molecule has 0 heterocycles. The molecule has 0 saturated heterocycles. The lowest BCUT2D eigenvalue weighted by Crippen LogP contribution is -1.84. The lowest BCUT2D eigenvalue weighted by atomic mass is 10.0. The second kappa shape index (κ2) is 9.51. The number of hydrogen-bond acceptors (Lipinski definition) is 0. The second-order valence-electron chi connectivity index (χ2n) is 4.65. The molecule has 0 radical (unpaired) electrons. The van der Waals surface area contributed by atoms with Crippen molar-refractivity contribution in [2.45, 2.75) is 71.8 Å². The van der Waals surface area contributed by atoms with E-state index in [9.17, 15) is 0 Å². The van der Waals surface area contributed by atoms with Gasteiger partial charge in [0.05, 0.1) is 0 Å². The molecule has 0 aliphatic carbocycles. The van der Waals surface area contributed by atoms with Gasteiger partial charge in [0.2, 0.25) is 0 Å². The minimum atomic E-state index is 1.32. The molecule has 0 unspecified atom stereocenters. The lowest BCUT2D eigenvalue weighted by Gasteiger charge is -2.03. The van der Waals surface area contributed by atoms with Gasteiger partial charge in [-0.25, -0.2) is 0 Å². The topological polar surface area (TPSA) is 0 Å². The predicted octanol–water partition coefficient (Wildman–Crippen LogP) is 3.86. The molecule has 0 saturated carbocycles.